The van der Waals surface area contributed by atoms with Crippen LogP contribution in [0.25, 0.3) is 0 Å². The first kappa shape index (κ1) is 9.88. The minimum Gasteiger partial charge on any atom is -0.382 e. The van der Waals surface area contributed by atoms with Crippen molar-refractivity contribution in [1.82, 2.24) is 0 Å². The zero-order chi connectivity index (χ0) is 6.53. The maximum Gasteiger partial charge on any atom is 0.104 e. The van der Waals surface area contributed by atoms with Crippen molar-refractivity contribution in [3.63, 3.8) is 0 Å². The third-order valence-electron chi connectivity index (χ3n) is 1.14. The molecule has 1 atom stereocenters. The minimum atomic E-state index is 0. The van der Waals surface area contributed by atoms with Crippen molar-refractivity contribution in [1.29, 1.82) is 0 Å². The zero-order valence-electron chi connectivity index (χ0n) is 5.63. The Kier molecular flexibility index (Phi) is 5.58. The largest absolute Gasteiger partial charge is 0.382 e. The van der Waals surface area contributed by atoms with Crippen LogP contribution in [0.5, 0.6) is 0 Å². The molecule has 10 heavy (non-hydrogen) atoms. The fraction of sp³-hybridized carbons (Fsp3) is 1.00. The monoisotopic (exact) mass is 148 g/mol. The van der Waals surface area contributed by atoms with Gasteiger partial charge in [0.15, 0.2) is 0 Å². The summed E-state index contributed by atoms with van der Waals surface area (Å²) in [5, 5.41) is 0. The fourth-order valence-corrected chi connectivity index (χ4v) is 0.521. The fourth-order valence-electron chi connectivity index (χ4n) is 0.521. The molecule has 0 aliphatic carbocycles. The second-order valence-electron chi connectivity index (χ2n) is 2.02. The first-order valence-corrected chi connectivity index (χ1v) is 3.12. The second kappa shape index (κ2) is 5.65. The van der Waals surface area contributed by atoms with Gasteiger partial charge in [-0.1, -0.05) is 7.43 Å². The summed E-state index contributed by atoms with van der Waals surface area (Å²) in [5.74, 6) is 0. The Hall–Kier alpha value is -0.120. The van der Waals surface area contributed by atoms with Gasteiger partial charge in [-0.2, -0.15) is 0 Å². The summed E-state index contributed by atoms with van der Waals surface area (Å²) in [5.41, 5.74) is 0. The molecule has 0 spiro atoms. The normalized spacial score (nSPS) is 21.9. The van der Waals surface area contributed by atoms with E-state index in [2.05, 4.69) is 0 Å². The molecule has 1 saturated heterocycles. The van der Waals surface area contributed by atoms with Crippen LogP contribution in [0.2, 0.25) is 0 Å². The highest BCUT2D eigenvalue weighted by Gasteiger charge is 2.21. The van der Waals surface area contributed by atoms with E-state index in [-0.39, 0.29) is 7.43 Å². The number of hydrogen-bond donors (Lipinski definition) is 0. The zero-order valence-corrected chi connectivity index (χ0v) is 5.63. The van der Waals surface area contributed by atoms with E-state index in [0.717, 1.165) is 13.2 Å². The first-order valence-electron chi connectivity index (χ1n) is 3.12. The highest BCUT2D eigenvalue weighted by molar-refractivity contribution is 4.66. The van der Waals surface area contributed by atoms with Crippen molar-refractivity contribution >= 4 is 0 Å². The van der Waals surface area contributed by atoms with E-state index in [0.29, 0.717) is 19.3 Å². The van der Waals surface area contributed by atoms with Crippen molar-refractivity contribution in [2.45, 2.75) is 13.5 Å². The van der Waals surface area contributed by atoms with Crippen LogP contribution < -0.4 is 0 Å². The first-order chi connectivity index (χ1) is 4.43. The van der Waals surface area contributed by atoms with Crippen LogP contribution in [0.3, 0.4) is 0 Å². The quantitative estimate of drug-likeness (QED) is 0.424. The number of rotatable bonds is 5. The van der Waals surface area contributed by atoms with Gasteiger partial charge in [0.1, 0.15) is 6.10 Å². The Morgan fingerprint density at radius 2 is 2.20 bits per heavy atom. The molecule has 0 amide bonds. The van der Waals surface area contributed by atoms with Gasteiger partial charge in [0.2, 0.25) is 0 Å². The van der Waals surface area contributed by atoms with Crippen molar-refractivity contribution in [2.75, 3.05) is 33.5 Å². The Morgan fingerprint density at radius 3 is 2.70 bits per heavy atom. The van der Waals surface area contributed by atoms with Gasteiger partial charge < -0.3 is 14.2 Å². The summed E-state index contributed by atoms with van der Waals surface area (Å²) < 4.78 is 14.8. The lowest BCUT2D eigenvalue weighted by Gasteiger charge is -1.98. The van der Waals surface area contributed by atoms with Gasteiger partial charge in [-0.3, -0.25) is 0 Å². The number of epoxide rings is 1. The van der Waals surface area contributed by atoms with Gasteiger partial charge >= 0.3 is 0 Å². The molecular weight excluding hydrogens is 132 g/mol. The van der Waals surface area contributed by atoms with E-state index in [1.165, 1.54) is 0 Å². The van der Waals surface area contributed by atoms with Crippen molar-refractivity contribution < 1.29 is 14.2 Å². The van der Waals surface area contributed by atoms with Crippen LogP contribution in [-0.2, 0) is 14.2 Å². The molecule has 0 radical (unpaired) electrons. The van der Waals surface area contributed by atoms with Gasteiger partial charge in [-0.05, 0) is 0 Å². The molecule has 0 bridgehead atoms. The third kappa shape index (κ3) is 4.73. The van der Waals surface area contributed by atoms with Gasteiger partial charge in [-0.25, -0.2) is 0 Å². The number of hydrogen-bond acceptors (Lipinski definition) is 3. The summed E-state index contributed by atoms with van der Waals surface area (Å²) in [4.78, 5) is 0. The van der Waals surface area contributed by atoms with Crippen LogP contribution >= 0.6 is 0 Å². The van der Waals surface area contributed by atoms with Crippen molar-refractivity contribution in [3.8, 4) is 0 Å². The molecule has 3 heteroatoms. The molecule has 0 aromatic rings. The van der Waals surface area contributed by atoms with Crippen LogP contribution in [0.4, 0.5) is 0 Å². The van der Waals surface area contributed by atoms with E-state index >= 15 is 0 Å². The molecule has 0 aromatic carbocycles. The Labute approximate surface area is 62.3 Å². The minimum absolute atomic E-state index is 0. The van der Waals surface area contributed by atoms with E-state index in [4.69, 9.17) is 14.2 Å². The Bertz CT molecular complexity index is 71.3. The molecule has 1 aliphatic heterocycles. The molecule has 1 fully saturated rings. The lowest BCUT2D eigenvalue weighted by molar-refractivity contribution is 0.0622. The van der Waals surface area contributed by atoms with Gasteiger partial charge in [0.25, 0.3) is 0 Å². The van der Waals surface area contributed by atoms with E-state index < -0.39 is 0 Å². The maximum atomic E-state index is 5.15. The molecule has 0 N–H and O–H groups in total. The molecule has 1 unspecified atom stereocenters. The predicted molar refractivity (Wildman–Crippen MR) is 39.2 cm³/mol. The van der Waals surface area contributed by atoms with E-state index in [9.17, 15) is 0 Å². The molecule has 0 aromatic heterocycles. The molecule has 1 rings (SSSR count). The van der Waals surface area contributed by atoms with Crippen LogP contribution in [0, 0.1) is 0 Å². The third-order valence-corrected chi connectivity index (χ3v) is 1.14. The lowest BCUT2D eigenvalue weighted by atomic mass is 10.5. The molecule has 1 heterocycles. The molecule has 3 nitrogen and oxygen atoms in total. The van der Waals surface area contributed by atoms with Crippen LogP contribution in [0.1, 0.15) is 7.43 Å². The Balaban J connectivity index is 0.000000810. The number of ether oxygens (including phenoxy) is 3. The van der Waals surface area contributed by atoms with Crippen molar-refractivity contribution in [2.24, 2.45) is 0 Å². The maximum absolute atomic E-state index is 5.15. The SMILES string of the molecule is C.COCCOCC1CO1. The van der Waals surface area contributed by atoms with Crippen LogP contribution in [0.15, 0.2) is 0 Å². The van der Waals surface area contributed by atoms with Crippen LogP contribution in [-0.4, -0.2) is 39.6 Å². The number of methoxy groups -OCH3 is 1. The van der Waals surface area contributed by atoms with Gasteiger partial charge in [0.05, 0.1) is 26.4 Å². The van der Waals surface area contributed by atoms with E-state index in [1.54, 1.807) is 7.11 Å². The average molecular weight is 148 g/mol. The lowest BCUT2D eigenvalue weighted by Crippen LogP contribution is -2.06. The second-order valence-corrected chi connectivity index (χ2v) is 2.02. The molecule has 1 aliphatic rings. The highest BCUT2D eigenvalue weighted by atomic mass is 16.6. The average Bonchev–Trinajstić information content (AvgIpc) is 2.63. The molecule has 0 saturated carbocycles. The predicted octanol–water partition coefficient (Wildman–Crippen LogP) is 0.684. The summed E-state index contributed by atoms with van der Waals surface area (Å²) in [6, 6.07) is 0. The summed E-state index contributed by atoms with van der Waals surface area (Å²) in [6.45, 7) is 2.94. The smallest absolute Gasteiger partial charge is 0.104 e. The summed E-state index contributed by atoms with van der Waals surface area (Å²) >= 11 is 0. The molecular formula is C7H16O3. The van der Waals surface area contributed by atoms with Crippen molar-refractivity contribution in [3.05, 3.63) is 0 Å². The van der Waals surface area contributed by atoms with E-state index in [1.807, 2.05) is 0 Å². The topological polar surface area (TPSA) is 31.0 Å². The Morgan fingerprint density at radius 1 is 1.50 bits per heavy atom. The summed E-state index contributed by atoms with van der Waals surface area (Å²) in [6.07, 6.45) is 0.377. The van der Waals surface area contributed by atoms with Gasteiger partial charge in [-0.15, -0.1) is 0 Å². The molecule has 62 valence electrons. The summed E-state index contributed by atoms with van der Waals surface area (Å²) in [7, 11) is 1.66. The van der Waals surface area contributed by atoms with Gasteiger partial charge in [0, 0.05) is 7.11 Å². The standard InChI is InChI=1S/C6H12O3.CH4/c1-7-2-3-8-4-6-5-9-6;/h6H,2-5H2,1H3;1H4. The highest BCUT2D eigenvalue weighted by Crippen LogP contribution is 2.07.